The molecule has 1 heterocycles. The SMILES string of the molecule is CCc1nnsc1C(O)c1ccccc1C1CCC1. The van der Waals surface area contributed by atoms with E-state index < -0.39 is 6.10 Å². The third-order valence-corrected chi connectivity index (χ3v) is 4.82. The smallest absolute Gasteiger partial charge is 0.117 e. The van der Waals surface area contributed by atoms with Crippen LogP contribution in [0.3, 0.4) is 0 Å². The van der Waals surface area contributed by atoms with Crippen molar-refractivity contribution < 1.29 is 5.11 Å². The van der Waals surface area contributed by atoms with E-state index in [0.717, 1.165) is 22.6 Å². The van der Waals surface area contributed by atoms with Gasteiger partial charge in [0.1, 0.15) is 6.10 Å². The van der Waals surface area contributed by atoms with E-state index in [1.807, 2.05) is 19.1 Å². The average Bonchev–Trinajstić information content (AvgIpc) is 2.85. The third-order valence-electron chi connectivity index (χ3n) is 4.00. The van der Waals surface area contributed by atoms with Crippen molar-refractivity contribution >= 4 is 11.5 Å². The van der Waals surface area contributed by atoms with Crippen LogP contribution in [0.2, 0.25) is 0 Å². The van der Waals surface area contributed by atoms with Crippen molar-refractivity contribution in [1.82, 2.24) is 9.59 Å². The normalized spacial score (nSPS) is 17.2. The monoisotopic (exact) mass is 274 g/mol. The molecule has 1 N–H and O–H groups in total. The Hall–Kier alpha value is -1.26. The molecule has 0 aliphatic heterocycles. The van der Waals surface area contributed by atoms with E-state index in [2.05, 4.69) is 21.7 Å². The maximum absolute atomic E-state index is 10.7. The second kappa shape index (κ2) is 5.39. The van der Waals surface area contributed by atoms with Crippen LogP contribution in [0, 0.1) is 0 Å². The van der Waals surface area contributed by atoms with Gasteiger partial charge in [-0.3, -0.25) is 0 Å². The van der Waals surface area contributed by atoms with E-state index >= 15 is 0 Å². The zero-order chi connectivity index (χ0) is 13.2. The molecule has 4 heteroatoms. The Kier molecular flexibility index (Phi) is 3.62. The zero-order valence-electron chi connectivity index (χ0n) is 11.0. The van der Waals surface area contributed by atoms with Crippen LogP contribution < -0.4 is 0 Å². The van der Waals surface area contributed by atoms with Gasteiger partial charge < -0.3 is 5.11 Å². The molecule has 0 saturated heterocycles. The molecule has 1 aliphatic carbocycles. The van der Waals surface area contributed by atoms with Gasteiger partial charge in [-0.25, -0.2) is 0 Å². The molecule has 1 atom stereocenters. The minimum Gasteiger partial charge on any atom is -0.383 e. The summed E-state index contributed by atoms with van der Waals surface area (Å²) in [5.74, 6) is 0.622. The van der Waals surface area contributed by atoms with Crippen LogP contribution in [0.25, 0.3) is 0 Å². The number of aryl methyl sites for hydroxylation is 1. The molecule has 1 fully saturated rings. The summed E-state index contributed by atoms with van der Waals surface area (Å²) in [6.45, 7) is 2.05. The van der Waals surface area contributed by atoms with Gasteiger partial charge in [-0.05, 0) is 47.8 Å². The molecule has 1 aliphatic rings. The average molecular weight is 274 g/mol. The van der Waals surface area contributed by atoms with E-state index in [1.54, 1.807) is 0 Å². The maximum Gasteiger partial charge on any atom is 0.117 e. The highest BCUT2D eigenvalue weighted by Gasteiger charge is 2.26. The first-order valence-corrected chi connectivity index (χ1v) is 7.66. The standard InChI is InChI=1S/C15H18N2OS/c1-2-13-15(19-17-16-13)14(18)12-9-4-3-8-11(12)10-6-5-7-10/h3-4,8-10,14,18H,2,5-7H2,1H3. The van der Waals surface area contributed by atoms with E-state index in [0.29, 0.717) is 5.92 Å². The number of aliphatic hydroxyl groups is 1. The molecule has 0 bridgehead atoms. The van der Waals surface area contributed by atoms with E-state index in [4.69, 9.17) is 0 Å². The van der Waals surface area contributed by atoms with Gasteiger partial charge in [0.25, 0.3) is 0 Å². The number of benzene rings is 1. The van der Waals surface area contributed by atoms with Crippen LogP contribution in [0.4, 0.5) is 0 Å². The predicted octanol–water partition coefficient (Wildman–Crippen LogP) is 3.45. The Morgan fingerprint density at radius 1 is 1.37 bits per heavy atom. The lowest BCUT2D eigenvalue weighted by Gasteiger charge is -2.29. The summed E-state index contributed by atoms with van der Waals surface area (Å²) in [6.07, 6.45) is 4.02. The fourth-order valence-corrected chi connectivity index (χ4v) is 3.41. The van der Waals surface area contributed by atoms with Gasteiger partial charge in [0.05, 0.1) is 10.6 Å². The van der Waals surface area contributed by atoms with Gasteiger partial charge in [-0.1, -0.05) is 42.1 Å². The molecule has 100 valence electrons. The molecule has 1 saturated carbocycles. The van der Waals surface area contributed by atoms with Crippen molar-refractivity contribution in [2.45, 2.75) is 44.6 Å². The molecule has 0 amide bonds. The third kappa shape index (κ3) is 2.30. The molecule has 0 radical (unpaired) electrons. The van der Waals surface area contributed by atoms with Crippen LogP contribution in [0.1, 0.15) is 59.9 Å². The molecular formula is C15H18N2OS. The van der Waals surface area contributed by atoms with E-state index in [-0.39, 0.29) is 0 Å². The molecule has 3 nitrogen and oxygen atoms in total. The molecule has 1 unspecified atom stereocenters. The van der Waals surface area contributed by atoms with Crippen molar-refractivity contribution in [3.05, 3.63) is 46.0 Å². The fraction of sp³-hybridized carbons (Fsp3) is 0.467. The minimum absolute atomic E-state index is 0.577. The number of nitrogens with zero attached hydrogens (tertiary/aromatic N) is 2. The van der Waals surface area contributed by atoms with Crippen LogP contribution >= 0.6 is 11.5 Å². The Morgan fingerprint density at radius 2 is 2.16 bits per heavy atom. The van der Waals surface area contributed by atoms with Crippen LogP contribution in [0.5, 0.6) is 0 Å². The lowest BCUT2D eigenvalue weighted by Crippen LogP contribution is -2.13. The number of hydrogen-bond acceptors (Lipinski definition) is 4. The lowest BCUT2D eigenvalue weighted by molar-refractivity contribution is 0.219. The topological polar surface area (TPSA) is 46.0 Å². The first kappa shape index (κ1) is 12.8. The molecule has 19 heavy (non-hydrogen) atoms. The summed E-state index contributed by atoms with van der Waals surface area (Å²) < 4.78 is 3.98. The van der Waals surface area contributed by atoms with E-state index in [1.165, 1.54) is 36.4 Å². The van der Waals surface area contributed by atoms with Crippen molar-refractivity contribution in [3.63, 3.8) is 0 Å². The first-order valence-electron chi connectivity index (χ1n) is 6.89. The molecule has 0 spiro atoms. The van der Waals surface area contributed by atoms with Crippen LogP contribution in [-0.2, 0) is 6.42 Å². The van der Waals surface area contributed by atoms with Crippen molar-refractivity contribution in [3.8, 4) is 0 Å². The van der Waals surface area contributed by atoms with Gasteiger partial charge in [-0.2, -0.15) is 0 Å². The number of aliphatic hydroxyl groups excluding tert-OH is 1. The Labute approximate surface area is 117 Å². The Morgan fingerprint density at radius 3 is 2.84 bits per heavy atom. The molecular weight excluding hydrogens is 256 g/mol. The van der Waals surface area contributed by atoms with Gasteiger partial charge in [0.15, 0.2) is 0 Å². The highest BCUT2D eigenvalue weighted by Crippen LogP contribution is 2.41. The zero-order valence-corrected chi connectivity index (χ0v) is 11.9. The summed E-state index contributed by atoms with van der Waals surface area (Å²) in [4.78, 5) is 0.897. The van der Waals surface area contributed by atoms with E-state index in [9.17, 15) is 5.11 Å². The summed E-state index contributed by atoms with van der Waals surface area (Å²) in [5, 5.41) is 14.8. The van der Waals surface area contributed by atoms with Crippen LogP contribution in [0.15, 0.2) is 24.3 Å². The van der Waals surface area contributed by atoms with Gasteiger partial charge in [0.2, 0.25) is 0 Å². The summed E-state index contributed by atoms with van der Waals surface area (Å²) in [7, 11) is 0. The first-order chi connectivity index (χ1) is 9.31. The highest BCUT2D eigenvalue weighted by molar-refractivity contribution is 7.05. The molecule has 2 aromatic rings. The Bertz CT molecular complexity index is 563. The van der Waals surface area contributed by atoms with Crippen molar-refractivity contribution in [2.75, 3.05) is 0 Å². The summed E-state index contributed by atoms with van der Waals surface area (Å²) in [5.41, 5.74) is 3.26. The van der Waals surface area contributed by atoms with Crippen molar-refractivity contribution in [1.29, 1.82) is 0 Å². The molecule has 3 rings (SSSR count). The highest BCUT2D eigenvalue weighted by atomic mass is 32.1. The number of rotatable bonds is 4. The molecule has 1 aromatic carbocycles. The number of aromatic nitrogens is 2. The second-order valence-electron chi connectivity index (χ2n) is 5.10. The van der Waals surface area contributed by atoms with Gasteiger partial charge >= 0.3 is 0 Å². The maximum atomic E-state index is 10.7. The van der Waals surface area contributed by atoms with Crippen LogP contribution in [-0.4, -0.2) is 14.7 Å². The molecule has 1 aromatic heterocycles. The fourth-order valence-electron chi connectivity index (χ4n) is 2.66. The number of hydrogen-bond donors (Lipinski definition) is 1. The van der Waals surface area contributed by atoms with Crippen molar-refractivity contribution in [2.24, 2.45) is 0 Å². The lowest BCUT2D eigenvalue weighted by atomic mass is 9.77. The van der Waals surface area contributed by atoms with Gasteiger partial charge in [0, 0.05) is 0 Å². The largest absolute Gasteiger partial charge is 0.383 e. The summed E-state index contributed by atoms with van der Waals surface area (Å²) in [6, 6.07) is 8.26. The minimum atomic E-state index is -0.577. The quantitative estimate of drug-likeness (QED) is 0.929. The predicted molar refractivity (Wildman–Crippen MR) is 76.4 cm³/mol. The van der Waals surface area contributed by atoms with Gasteiger partial charge in [-0.15, -0.1) is 5.10 Å². The second-order valence-corrected chi connectivity index (χ2v) is 5.88. The Balaban J connectivity index is 1.97. The summed E-state index contributed by atoms with van der Waals surface area (Å²) >= 11 is 1.31.